The lowest BCUT2D eigenvalue weighted by Gasteiger charge is -2.37. The first kappa shape index (κ1) is 46.6. The largest absolute Gasteiger partial charge is 0.269 e. The average Bonchev–Trinajstić information content (AvgIpc) is 3.22. The van der Waals surface area contributed by atoms with Crippen LogP contribution in [0.25, 0.3) is 0 Å². The van der Waals surface area contributed by atoms with E-state index in [2.05, 4.69) is 0 Å². The van der Waals surface area contributed by atoms with Crippen molar-refractivity contribution < 1.29 is 38.6 Å². The summed E-state index contributed by atoms with van der Waals surface area (Å²) in [6.45, 7) is 3.99. The van der Waals surface area contributed by atoms with Crippen LogP contribution in [0.3, 0.4) is 0 Å². The number of non-ortho nitro benzene ring substituents is 1. The zero-order valence-corrected chi connectivity index (χ0v) is 38.0. The summed E-state index contributed by atoms with van der Waals surface area (Å²) in [5.74, 6) is 0. The topological polar surface area (TPSA) is 193 Å². The number of hydrogen-bond donors (Lipinski definition) is 0. The predicted molar refractivity (Wildman–Crippen MR) is 235 cm³/mol. The quantitative estimate of drug-likeness (QED) is 0.120. The second kappa shape index (κ2) is 18.9. The maximum Gasteiger partial charge on any atom is 0.269 e. The van der Waals surface area contributed by atoms with Crippen LogP contribution in [0, 0.1) is 37.8 Å². The molecule has 330 valence electrons. The van der Waals surface area contributed by atoms with Crippen LogP contribution in [-0.4, -0.2) is 108 Å². The molecule has 0 bridgehead atoms. The molecule has 0 amide bonds. The summed E-state index contributed by atoms with van der Waals surface area (Å²) >= 11 is 0. The standard InChI is InChI=1S/C43H49N5O10S4/c1-33-5-17-40(18-6-33)59(51,52)44-25-26-45(60(53,54)41-19-7-34(2)8-20-41)29-30-47(62(57,58)43-23-11-36(4)12-24-43)39(31-37-13-15-38(16-14-37)48(49)50)32-46(28-27-44)61(55,56)42-21-9-35(3)10-22-42/h5-24,39H,25-32H2,1-4H3. The minimum Gasteiger partial charge on any atom is -0.258 e. The molecule has 0 spiro atoms. The second-order valence-corrected chi connectivity index (χ2v) is 23.0. The van der Waals surface area contributed by atoms with Crippen molar-refractivity contribution in [1.29, 1.82) is 0 Å². The van der Waals surface area contributed by atoms with Crippen LogP contribution in [0.15, 0.2) is 141 Å². The fourth-order valence-electron chi connectivity index (χ4n) is 7.11. The molecule has 1 unspecified atom stereocenters. The molecule has 5 aromatic carbocycles. The highest BCUT2D eigenvalue weighted by molar-refractivity contribution is 7.90. The second-order valence-electron chi connectivity index (χ2n) is 15.3. The SMILES string of the molecule is Cc1ccc(S(=O)(=O)N2CCN(S(=O)(=O)c3ccc(C)cc3)CCN(S(=O)(=O)c3ccc(C)cc3)C(Cc3ccc([N+](=O)[O-])cc3)CN(S(=O)(=O)c3ccc(C)cc3)CC2)cc1. The van der Waals surface area contributed by atoms with E-state index in [1.54, 1.807) is 76.2 Å². The number of nitrogens with zero attached hydrogens (tertiary/aromatic N) is 5. The zero-order chi connectivity index (χ0) is 45.0. The maximum atomic E-state index is 15.0. The van der Waals surface area contributed by atoms with Gasteiger partial charge < -0.3 is 0 Å². The van der Waals surface area contributed by atoms with E-state index in [0.717, 1.165) is 39.5 Å². The summed E-state index contributed by atoms with van der Waals surface area (Å²) < 4.78 is 122. The van der Waals surface area contributed by atoms with Crippen molar-refractivity contribution in [2.75, 3.05) is 45.8 Å². The number of nitro benzene ring substituents is 1. The van der Waals surface area contributed by atoms with Crippen molar-refractivity contribution in [2.45, 2.75) is 59.7 Å². The Labute approximate surface area is 364 Å². The van der Waals surface area contributed by atoms with Crippen LogP contribution in [0.4, 0.5) is 5.69 Å². The fraction of sp³-hybridized carbons (Fsp3) is 0.302. The Morgan fingerprint density at radius 3 is 1.11 bits per heavy atom. The van der Waals surface area contributed by atoms with E-state index in [1.807, 2.05) is 0 Å². The highest BCUT2D eigenvalue weighted by Crippen LogP contribution is 2.28. The van der Waals surface area contributed by atoms with Crippen LogP contribution in [0.2, 0.25) is 0 Å². The van der Waals surface area contributed by atoms with Gasteiger partial charge in [0.1, 0.15) is 0 Å². The van der Waals surface area contributed by atoms with Gasteiger partial charge in [0.2, 0.25) is 40.1 Å². The van der Waals surface area contributed by atoms with Gasteiger partial charge in [-0.25, -0.2) is 33.7 Å². The van der Waals surface area contributed by atoms with Gasteiger partial charge in [0.15, 0.2) is 0 Å². The number of nitro groups is 1. The van der Waals surface area contributed by atoms with Crippen LogP contribution in [0.1, 0.15) is 27.8 Å². The van der Waals surface area contributed by atoms with Crippen molar-refractivity contribution in [3.63, 3.8) is 0 Å². The fourth-order valence-corrected chi connectivity index (χ4v) is 13.0. The Hall–Kier alpha value is -4.86. The Morgan fingerprint density at radius 1 is 0.452 bits per heavy atom. The molecule has 1 fully saturated rings. The molecule has 0 saturated carbocycles. The third-order valence-electron chi connectivity index (χ3n) is 10.8. The summed E-state index contributed by atoms with van der Waals surface area (Å²) in [6, 6.07) is 28.5. The molecule has 19 heteroatoms. The highest BCUT2D eigenvalue weighted by atomic mass is 32.2. The molecule has 1 aliphatic rings. The molecule has 1 saturated heterocycles. The van der Waals surface area contributed by atoms with E-state index in [-0.39, 0.29) is 31.7 Å². The van der Waals surface area contributed by atoms with Crippen molar-refractivity contribution in [2.24, 2.45) is 0 Å². The summed E-state index contributed by atoms with van der Waals surface area (Å²) in [7, 11) is -17.8. The summed E-state index contributed by atoms with van der Waals surface area (Å²) in [5, 5.41) is 11.6. The Balaban J connectivity index is 1.55. The van der Waals surface area contributed by atoms with Crippen LogP contribution in [0.5, 0.6) is 0 Å². The van der Waals surface area contributed by atoms with Crippen LogP contribution < -0.4 is 0 Å². The van der Waals surface area contributed by atoms with Crippen LogP contribution in [-0.2, 0) is 46.5 Å². The van der Waals surface area contributed by atoms with Gasteiger partial charge in [-0.1, -0.05) is 82.9 Å². The van der Waals surface area contributed by atoms with Gasteiger partial charge in [0.05, 0.1) is 24.5 Å². The van der Waals surface area contributed by atoms with Crippen molar-refractivity contribution >= 4 is 45.8 Å². The molecule has 0 aromatic heterocycles. The van der Waals surface area contributed by atoms with E-state index >= 15 is 0 Å². The number of rotatable bonds is 11. The first-order valence-electron chi connectivity index (χ1n) is 19.7. The van der Waals surface area contributed by atoms with Gasteiger partial charge in [-0.2, -0.15) is 17.2 Å². The Bertz CT molecular complexity index is 2820. The third kappa shape index (κ3) is 10.5. The molecular formula is C43H49N5O10S4. The van der Waals surface area contributed by atoms with E-state index in [0.29, 0.717) is 5.56 Å². The van der Waals surface area contributed by atoms with Gasteiger partial charge in [-0.3, -0.25) is 10.1 Å². The van der Waals surface area contributed by atoms with Crippen molar-refractivity contribution in [1.82, 2.24) is 17.2 Å². The van der Waals surface area contributed by atoms with Crippen LogP contribution >= 0.6 is 0 Å². The van der Waals surface area contributed by atoms with E-state index in [1.165, 1.54) is 72.8 Å². The van der Waals surface area contributed by atoms with E-state index in [9.17, 15) is 43.8 Å². The third-order valence-corrected chi connectivity index (χ3v) is 18.5. The summed E-state index contributed by atoms with van der Waals surface area (Å²) in [6.07, 6.45) is -0.168. The average molecular weight is 924 g/mol. The van der Waals surface area contributed by atoms with E-state index < -0.39 is 96.9 Å². The Morgan fingerprint density at radius 2 is 0.758 bits per heavy atom. The minimum absolute atomic E-state index is 0.0810. The number of aryl methyl sites for hydroxylation is 4. The molecule has 15 nitrogen and oxygen atoms in total. The highest BCUT2D eigenvalue weighted by Gasteiger charge is 2.39. The molecule has 0 radical (unpaired) electrons. The lowest BCUT2D eigenvalue weighted by molar-refractivity contribution is -0.384. The first-order chi connectivity index (χ1) is 29.2. The molecule has 1 heterocycles. The predicted octanol–water partition coefficient (Wildman–Crippen LogP) is 5.52. The van der Waals surface area contributed by atoms with Gasteiger partial charge in [-0.15, -0.1) is 0 Å². The molecule has 62 heavy (non-hydrogen) atoms. The lowest BCUT2D eigenvalue weighted by Crippen LogP contribution is -2.54. The van der Waals surface area contributed by atoms with Gasteiger partial charge in [-0.05, 0) is 88.2 Å². The van der Waals surface area contributed by atoms with Gasteiger partial charge in [0, 0.05) is 64.0 Å². The summed E-state index contributed by atoms with van der Waals surface area (Å²) in [5.41, 5.74) is 3.36. The van der Waals surface area contributed by atoms with Gasteiger partial charge >= 0.3 is 0 Å². The normalized spacial score (nSPS) is 17.5. The lowest BCUT2D eigenvalue weighted by atomic mass is 10.1. The monoisotopic (exact) mass is 923 g/mol. The number of sulfonamides is 4. The maximum absolute atomic E-state index is 15.0. The van der Waals surface area contributed by atoms with Crippen molar-refractivity contribution in [3.8, 4) is 0 Å². The summed E-state index contributed by atoms with van der Waals surface area (Å²) in [4.78, 5) is 10.6. The van der Waals surface area contributed by atoms with E-state index in [4.69, 9.17) is 0 Å². The van der Waals surface area contributed by atoms with Gasteiger partial charge in [0.25, 0.3) is 5.69 Å². The minimum atomic E-state index is -4.53. The first-order valence-corrected chi connectivity index (χ1v) is 25.5. The number of hydrogen-bond acceptors (Lipinski definition) is 10. The van der Waals surface area contributed by atoms with Crippen molar-refractivity contribution in [3.05, 3.63) is 159 Å². The smallest absolute Gasteiger partial charge is 0.258 e. The Kier molecular flexibility index (Phi) is 14.2. The zero-order valence-electron chi connectivity index (χ0n) is 34.7. The molecule has 5 aromatic rings. The molecular weight excluding hydrogens is 875 g/mol. The molecule has 0 aliphatic carbocycles. The molecule has 0 N–H and O–H groups in total. The molecule has 1 atom stereocenters. The molecule has 1 aliphatic heterocycles. The molecule has 6 rings (SSSR count). The number of benzene rings is 5.